The SMILES string of the molecule is COc1ccccc1Oc1ccc(C=O)cc1OC. The quantitative estimate of drug-likeness (QED) is 0.772. The zero-order valence-electron chi connectivity index (χ0n) is 10.8. The Bertz CT molecular complexity index is 578. The van der Waals surface area contributed by atoms with Gasteiger partial charge in [-0.1, -0.05) is 12.1 Å². The van der Waals surface area contributed by atoms with Crippen molar-refractivity contribution in [1.82, 2.24) is 0 Å². The van der Waals surface area contributed by atoms with Gasteiger partial charge in [-0.15, -0.1) is 0 Å². The third-order valence-electron chi connectivity index (χ3n) is 2.61. The first-order chi connectivity index (χ1) is 9.28. The number of carbonyl (C=O) groups excluding carboxylic acids is 1. The molecule has 0 aliphatic carbocycles. The van der Waals surface area contributed by atoms with E-state index in [0.717, 1.165) is 6.29 Å². The molecular weight excluding hydrogens is 244 g/mol. The minimum Gasteiger partial charge on any atom is -0.493 e. The molecule has 0 radical (unpaired) electrons. The van der Waals surface area contributed by atoms with Crippen LogP contribution >= 0.6 is 0 Å². The third kappa shape index (κ3) is 2.85. The number of carbonyl (C=O) groups is 1. The second kappa shape index (κ2) is 5.91. The normalized spacial score (nSPS) is 9.79. The molecule has 0 amide bonds. The van der Waals surface area contributed by atoms with E-state index in [1.165, 1.54) is 7.11 Å². The first kappa shape index (κ1) is 13.0. The van der Waals surface area contributed by atoms with Gasteiger partial charge in [-0.3, -0.25) is 4.79 Å². The van der Waals surface area contributed by atoms with Crippen LogP contribution < -0.4 is 14.2 Å². The van der Waals surface area contributed by atoms with Crippen LogP contribution in [0.15, 0.2) is 42.5 Å². The predicted octanol–water partition coefficient (Wildman–Crippen LogP) is 3.31. The Kier molecular flexibility index (Phi) is 4.03. The van der Waals surface area contributed by atoms with Crippen LogP contribution in [0, 0.1) is 0 Å². The second-order valence-corrected chi connectivity index (χ2v) is 3.78. The molecule has 19 heavy (non-hydrogen) atoms. The average Bonchev–Trinajstić information content (AvgIpc) is 2.48. The molecule has 2 aromatic carbocycles. The van der Waals surface area contributed by atoms with E-state index in [-0.39, 0.29) is 0 Å². The van der Waals surface area contributed by atoms with Crippen molar-refractivity contribution in [2.24, 2.45) is 0 Å². The van der Waals surface area contributed by atoms with Gasteiger partial charge in [0.1, 0.15) is 6.29 Å². The monoisotopic (exact) mass is 258 g/mol. The van der Waals surface area contributed by atoms with Crippen LogP contribution in [-0.2, 0) is 0 Å². The highest BCUT2D eigenvalue weighted by Crippen LogP contribution is 2.36. The van der Waals surface area contributed by atoms with Gasteiger partial charge in [0.25, 0.3) is 0 Å². The van der Waals surface area contributed by atoms with Gasteiger partial charge < -0.3 is 14.2 Å². The van der Waals surface area contributed by atoms with Gasteiger partial charge in [0, 0.05) is 5.56 Å². The van der Waals surface area contributed by atoms with E-state index in [2.05, 4.69) is 0 Å². The second-order valence-electron chi connectivity index (χ2n) is 3.78. The molecule has 2 aromatic rings. The molecule has 0 fully saturated rings. The molecular formula is C15H14O4. The summed E-state index contributed by atoms with van der Waals surface area (Å²) in [5, 5.41) is 0. The summed E-state index contributed by atoms with van der Waals surface area (Å²) in [4.78, 5) is 10.7. The molecule has 4 nitrogen and oxygen atoms in total. The van der Waals surface area contributed by atoms with Gasteiger partial charge in [0.15, 0.2) is 23.0 Å². The Morgan fingerprint density at radius 1 is 0.842 bits per heavy atom. The number of benzene rings is 2. The fraction of sp³-hybridized carbons (Fsp3) is 0.133. The molecule has 0 saturated heterocycles. The highest BCUT2D eigenvalue weighted by molar-refractivity contribution is 5.76. The van der Waals surface area contributed by atoms with Gasteiger partial charge in [-0.25, -0.2) is 0 Å². The van der Waals surface area contributed by atoms with E-state index in [1.54, 1.807) is 31.4 Å². The molecule has 0 aliphatic rings. The van der Waals surface area contributed by atoms with E-state index in [4.69, 9.17) is 14.2 Å². The minimum atomic E-state index is 0.496. The number of hydrogen-bond donors (Lipinski definition) is 0. The summed E-state index contributed by atoms with van der Waals surface area (Å²) >= 11 is 0. The van der Waals surface area contributed by atoms with Crippen molar-refractivity contribution in [2.75, 3.05) is 14.2 Å². The number of para-hydroxylation sites is 2. The number of rotatable bonds is 5. The maximum absolute atomic E-state index is 10.7. The topological polar surface area (TPSA) is 44.8 Å². The van der Waals surface area contributed by atoms with Crippen LogP contribution in [0.4, 0.5) is 0 Å². The van der Waals surface area contributed by atoms with Crippen LogP contribution in [0.5, 0.6) is 23.0 Å². The molecule has 0 saturated carbocycles. The highest BCUT2D eigenvalue weighted by Gasteiger charge is 2.09. The lowest BCUT2D eigenvalue weighted by Gasteiger charge is -2.12. The van der Waals surface area contributed by atoms with Gasteiger partial charge >= 0.3 is 0 Å². The third-order valence-corrected chi connectivity index (χ3v) is 2.61. The van der Waals surface area contributed by atoms with Crippen molar-refractivity contribution in [1.29, 1.82) is 0 Å². The average molecular weight is 258 g/mol. The molecule has 98 valence electrons. The largest absolute Gasteiger partial charge is 0.493 e. The van der Waals surface area contributed by atoms with Crippen molar-refractivity contribution in [2.45, 2.75) is 0 Å². The van der Waals surface area contributed by atoms with Crippen molar-refractivity contribution < 1.29 is 19.0 Å². The zero-order chi connectivity index (χ0) is 13.7. The Morgan fingerprint density at radius 3 is 2.11 bits per heavy atom. The van der Waals surface area contributed by atoms with Crippen LogP contribution in [0.3, 0.4) is 0 Å². The summed E-state index contributed by atoms with van der Waals surface area (Å²) in [6, 6.07) is 12.3. The Hall–Kier alpha value is -2.49. The Labute approximate surface area is 111 Å². The Balaban J connectivity index is 2.35. The smallest absolute Gasteiger partial charge is 0.169 e. The van der Waals surface area contributed by atoms with E-state index in [0.29, 0.717) is 28.6 Å². The number of methoxy groups -OCH3 is 2. The maximum Gasteiger partial charge on any atom is 0.169 e. The molecule has 0 atom stereocenters. The predicted molar refractivity (Wildman–Crippen MR) is 71.4 cm³/mol. The highest BCUT2D eigenvalue weighted by atomic mass is 16.5. The number of hydrogen-bond acceptors (Lipinski definition) is 4. The van der Waals surface area contributed by atoms with Gasteiger partial charge in [-0.2, -0.15) is 0 Å². The molecule has 4 heteroatoms. The van der Waals surface area contributed by atoms with E-state index < -0.39 is 0 Å². The summed E-state index contributed by atoms with van der Waals surface area (Å²) < 4.78 is 16.2. The lowest BCUT2D eigenvalue weighted by molar-refractivity contribution is 0.112. The maximum atomic E-state index is 10.7. The number of ether oxygens (including phenoxy) is 3. The summed E-state index contributed by atoms with van der Waals surface area (Å²) in [6.45, 7) is 0. The molecule has 0 aliphatic heterocycles. The summed E-state index contributed by atoms with van der Waals surface area (Å²) in [5.74, 6) is 2.24. The molecule has 0 bridgehead atoms. The molecule has 0 unspecified atom stereocenters. The standard InChI is InChI=1S/C15H14O4/c1-17-12-5-3-4-6-13(12)19-14-8-7-11(10-16)9-15(14)18-2/h3-10H,1-2H3. The van der Waals surface area contributed by atoms with Crippen molar-refractivity contribution in [3.8, 4) is 23.0 Å². The van der Waals surface area contributed by atoms with Crippen LogP contribution in [0.25, 0.3) is 0 Å². The molecule has 0 aromatic heterocycles. The molecule has 0 spiro atoms. The van der Waals surface area contributed by atoms with Crippen LogP contribution in [0.2, 0.25) is 0 Å². The first-order valence-corrected chi connectivity index (χ1v) is 5.72. The Morgan fingerprint density at radius 2 is 1.47 bits per heavy atom. The fourth-order valence-corrected chi connectivity index (χ4v) is 1.66. The van der Waals surface area contributed by atoms with Crippen molar-refractivity contribution in [3.05, 3.63) is 48.0 Å². The van der Waals surface area contributed by atoms with E-state index in [1.807, 2.05) is 18.2 Å². The van der Waals surface area contributed by atoms with E-state index in [9.17, 15) is 4.79 Å². The zero-order valence-corrected chi connectivity index (χ0v) is 10.8. The molecule has 0 N–H and O–H groups in total. The molecule has 0 heterocycles. The summed E-state index contributed by atoms with van der Waals surface area (Å²) in [7, 11) is 3.11. The molecule has 2 rings (SSSR count). The van der Waals surface area contributed by atoms with Gasteiger partial charge in [0.05, 0.1) is 14.2 Å². The lowest BCUT2D eigenvalue weighted by atomic mass is 10.2. The fourth-order valence-electron chi connectivity index (χ4n) is 1.66. The minimum absolute atomic E-state index is 0.496. The number of aldehydes is 1. The lowest BCUT2D eigenvalue weighted by Crippen LogP contribution is -1.94. The first-order valence-electron chi connectivity index (χ1n) is 5.72. The van der Waals surface area contributed by atoms with Gasteiger partial charge in [-0.05, 0) is 30.3 Å². The van der Waals surface area contributed by atoms with Crippen LogP contribution in [0.1, 0.15) is 10.4 Å². The summed E-state index contributed by atoms with van der Waals surface area (Å²) in [5.41, 5.74) is 0.532. The summed E-state index contributed by atoms with van der Waals surface area (Å²) in [6.07, 6.45) is 0.759. The van der Waals surface area contributed by atoms with Gasteiger partial charge in [0.2, 0.25) is 0 Å². The van der Waals surface area contributed by atoms with E-state index >= 15 is 0 Å². The van der Waals surface area contributed by atoms with Crippen molar-refractivity contribution >= 4 is 6.29 Å². The van der Waals surface area contributed by atoms with Crippen LogP contribution in [-0.4, -0.2) is 20.5 Å². The van der Waals surface area contributed by atoms with Crippen molar-refractivity contribution in [3.63, 3.8) is 0 Å².